The molecule has 0 saturated heterocycles. The van der Waals surface area contributed by atoms with E-state index in [1.54, 1.807) is 6.07 Å². The molecular weight excluding hydrogens is 410 g/mol. The van der Waals surface area contributed by atoms with Crippen LogP contribution in [0.1, 0.15) is 45.4 Å². The lowest BCUT2D eigenvalue weighted by atomic mass is 9.76. The van der Waals surface area contributed by atoms with Gasteiger partial charge < -0.3 is 15.2 Å². The molecule has 3 aromatic rings. The van der Waals surface area contributed by atoms with Crippen LogP contribution in [0.5, 0.6) is 5.75 Å². The number of carboxylic acids is 1. The summed E-state index contributed by atoms with van der Waals surface area (Å²) in [6, 6.07) is 21.4. The monoisotopic (exact) mass is 431 g/mol. The van der Waals surface area contributed by atoms with E-state index >= 15 is 0 Å². The first-order chi connectivity index (χ1) is 15.1. The van der Waals surface area contributed by atoms with E-state index in [-0.39, 0.29) is 12.0 Å². The quantitative estimate of drug-likeness (QED) is 0.456. The molecule has 1 aliphatic heterocycles. The highest BCUT2D eigenvalue weighted by Gasteiger charge is 2.38. The molecule has 0 bridgehead atoms. The molecule has 0 radical (unpaired) electrons. The molecule has 2 N–H and O–H groups in total. The van der Waals surface area contributed by atoms with Crippen molar-refractivity contribution in [3.05, 3.63) is 106 Å². The Labute approximate surface area is 186 Å². The first kappa shape index (κ1) is 19.7. The molecule has 5 rings (SSSR count). The largest absolute Gasteiger partial charge is 0.489 e. The Hall–Kier alpha value is -3.24. The topological polar surface area (TPSA) is 58.6 Å². The lowest BCUT2D eigenvalue weighted by Crippen LogP contribution is -2.29. The summed E-state index contributed by atoms with van der Waals surface area (Å²) in [5, 5.41) is 13.7. The lowest BCUT2D eigenvalue weighted by molar-refractivity contribution is 0.0696. The zero-order valence-corrected chi connectivity index (χ0v) is 17.5. The van der Waals surface area contributed by atoms with Crippen LogP contribution in [0.25, 0.3) is 0 Å². The number of rotatable bonds is 5. The van der Waals surface area contributed by atoms with Gasteiger partial charge in [0, 0.05) is 16.6 Å². The van der Waals surface area contributed by atoms with Crippen LogP contribution in [-0.4, -0.2) is 11.1 Å². The second-order valence-corrected chi connectivity index (χ2v) is 8.50. The van der Waals surface area contributed by atoms with Crippen LogP contribution in [0, 0.1) is 5.92 Å². The van der Waals surface area contributed by atoms with Crippen molar-refractivity contribution in [1.82, 2.24) is 0 Å². The fraction of sp³-hybridized carbons (Fsp3) is 0.192. The average molecular weight is 432 g/mol. The van der Waals surface area contributed by atoms with Crippen molar-refractivity contribution in [3.63, 3.8) is 0 Å². The highest BCUT2D eigenvalue weighted by atomic mass is 35.5. The Bertz CT molecular complexity index is 1140. The maximum absolute atomic E-state index is 11.4. The number of aromatic carboxylic acids is 1. The van der Waals surface area contributed by atoms with E-state index in [0.29, 0.717) is 23.1 Å². The van der Waals surface area contributed by atoms with Gasteiger partial charge in [-0.2, -0.15) is 0 Å². The van der Waals surface area contributed by atoms with Crippen molar-refractivity contribution in [2.75, 3.05) is 5.32 Å². The normalized spacial score (nSPS) is 21.1. The van der Waals surface area contributed by atoms with Crippen LogP contribution in [-0.2, 0) is 6.61 Å². The van der Waals surface area contributed by atoms with E-state index in [0.717, 1.165) is 29.0 Å². The fourth-order valence-electron chi connectivity index (χ4n) is 4.58. The van der Waals surface area contributed by atoms with E-state index in [4.69, 9.17) is 16.3 Å². The van der Waals surface area contributed by atoms with Gasteiger partial charge in [-0.3, -0.25) is 0 Å². The molecule has 4 nitrogen and oxygen atoms in total. The van der Waals surface area contributed by atoms with Gasteiger partial charge in [-0.1, -0.05) is 48.0 Å². The summed E-state index contributed by atoms with van der Waals surface area (Å²) in [5.41, 5.74) is 4.68. The third-order valence-electron chi connectivity index (χ3n) is 6.17. The Morgan fingerprint density at radius 2 is 1.84 bits per heavy atom. The number of fused-ring (bicyclic) bond motifs is 3. The number of carboxylic acid groups (broad SMARTS) is 1. The van der Waals surface area contributed by atoms with Gasteiger partial charge in [-0.05, 0) is 71.5 Å². The van der Waals surface area contributed by atoms with Crippen LogP contribution in [0.15, 0.2) is 78.9 Å². The third kappa shape index (κ3) is 3.91. The summed E-state index contributed by atoms with van der Waals surface area (Å²) < 4.78 is 5.92. The van der Waals surface area contributed by atoms with Gasteiger partial charge in [0.2, 0.25) is 0 Å². The van der Waals surface area contributed by atoms with Crippen molar-refractivity contribution >= 4 is 23.3 Å². The van der Waals surface area contributed by atoms with Crippen LogP contribution in [0.4, 0.5) is 5.69 Å². The molecule has 0 fully saturated rings. The van der Waals surface area contributed by atoms with Gasteiger partial charge >= 0.3 is 5.97 Å². The van der Waals surface area contributed by atoms with E-state index in [2.05, 4.69) is 29.6 Å². The maximum Gasteiger partial charge on any atom is 0.335 e. The highest BCUT2D eigenvalue weighted by molar-refractivity contribution is 6.30. The number of hydrogen-bond donors (Lipinski definition) is 2. The zero-order valence-electron chi connectivity index (χ0n) is 16.8. The van der Waals surface area contributed by atoms with Gasteiger partial charge in [0.25, 0.3) is 0 Å². The Balaban J connectivity index is 1.34. The van der Waals surface area contributed by atoms with E-state index in [9.17, 15) is 9.90 Å². The molecule has 0 aromatic heterocycles. The second kappa shape index (κ2) is 8.12. The number of hydrogen-bond acceptors (Lipinski definition) is 3. The number of anilines is 1. The van der Waals surface area contributed by atoms with Crippen molar-refractivity contribution in [1.29, 1.82) is 0 Å². The summed E-state index contributed by atoms with van der Waals surface area (Å²) >= 11 is 5.93. The predicted molar refractivity (Wildman–Crippen MR) is 122 cm³/mol. The van der Waals surface area contributed by atoms with Gasteiger partial charge in [-0.25, -0.2) is 4.79 Å². The summed E-state index contributed by atoms with van der Waals surface area (Å²) in [4.78, 5) is 11.4. The number of halogens is 1. The number of benzene rings is 3. The molecule has 0 spiro atoms. The first-order valence-corrected chi connectivity index (χ1v) is 10.7. The SMILES string of the molecule is O=C(O)c1ccc2c(c1)[C@@H]1C=CC[C@@H]1[C@H](c1ccc(OCc3ccc(Cl)cc3)cc1)N2. The van der Waals surface area contributed by atoms with E-state index in [1.807, 2.05) is 48.5 Å². The van der Waals surface area contributed by atoms with Crippen LogP contribution in [0.3, 0.4) is 0 Å². The summed E-state index contributed by atoms with van der Waals surface area (Å²) in [7, 11) is 0. The van der Waals surface area contributed by atoms with Crippen molar-refractivity contribution in [2.45, 2.75) is 25.0 Å². The fourth-order valence-corrected chi connectivity index (χ4v) is 4.70. The van der Waals surface area contributed by atoms with Gasteiger partial charge in [0.15, 0.2) is 0 Å². The maximum atomic E-state index is 11.4. The summed E-state index contributed by atoms with van der Waals surface area (Å²) in [6.45, 7) is 0.492. The standard InChI is InChI=1S/C26H22ClNO3/c27-19-9-4-16(5-10-19)15-31-20-11-6-17(7-12-20)25-22-3-1-2-21(22)23-14-18(26(29)30)8-13-24(23)28-25/h1-2,4-14,21-22,25,28H,3,15H2,(H,29,30)/t21-,22+,25+/m1/s1. The molecule has 0 saturated carbocycles. The minimum Gasteiger partial charge on any atom is -0.489 e. The van der Waals surface area contributed by atoms with Gasteiger partial charge in [0.1, 0.15) is 12.4 Å². The highest BCUT2D eigenvalue weighted by Crippen LogP contribution is 2.50. The minimum absolute atomic E-state index is 0.161. The zero-order chi connectivity index (χ0) is 21.4. The summed E-state index contributed by atoms with van der Waals surface area (Å²) in [5.74, 6) is 0.513. The minimum atomic E-state index is -0.891. The number of nitrogens with one attached hydrogen (secondary N) is 1. The predicted octanol–water partition coefficient (Wildman–Crippen LogP) is 6.44. The van der Waals surface area contributed by atoms with E-state index < -0.39 is 5.97 Å². The number of carbonyl (C=O) groups is 1. The van der Waals surface area contributed by atoms with Crippen molar-refractivity contribution in [3.8, 4) is 5.75 Å². The molecule has 0 amide bonds. The van der Waals surface area contributed by atoms with Gasteiger partial charge in [0.05, 0.1) is 11.6 Å². The third-order valence-corrected chi connectivity index (χ3v) is 6.42. The molecule has 5 heteroatoms. The van der Waals surface area contributed by atoms with Crippen LogP contribution in [0.2, 0.25) is 5.02 Å². The van der Waals surface area contributed by atoms with Gasteiger partial charge in [-0.15, -0.1) is 0 Å². The lowest BCUT2D eigenvalue weighted by Gasteiger charge is -2.37. The molecule has 3 aromatic carbocycles. The molecule has 3 atom stereocenters. The molecular formula is C26H22ClNO3. The number of ether oxygens (including phenoxy) is 1. The van der Waals surface area contributed by atoms with E-state index in [1.165, 1.54) is 5.56 Å². The molecule has 31 heavy (non-hydrogen) atoms. The molecule has 156 valence electrons. The van der Waals surface area contributed by atoms with Crippen molar-refractivity contribution < 1.29 is 14.6 Å². The molecule has 1 heterocycles. The number of allylic oxidation sites excluding steroid dienone is 2. The Morgan fingerprint density at radius 3 is 2.58 bits per heavy atom. The molecule has 1 aliphatic carbocycles. The summed E-state index contributed by atoms with van der Waals surface area (Å²) in [6.07, 6.45) is 5.39. The first-order valence-electron chi connectivity index (χ1n) is 10.4. The Kier molecular flexibility index (Phi) is 5.16. The molecule has 2 aliphatic rings. The second-order valence-electron chi connectivity index (χ2n) is 8.07. The average Bonchev–Trinajstić information content (AvgIpc) is 3.28. The smallest absolute Gasteiger partial charge is 0.335 e. The molecule has 0 unspecified atom stereocenters. The van der Waals surface area contributed by atoms with Crippen LogP contribution >= 0.6 is 11.6 Å². The Morgan fingerprint density at radius 1 is 1.06 bits per heavy atom. The van der Waals surface area contributed by atoms with Crippen LogP contribution < -0.4 is 10.1 Å². The van der Waals surface area contributed by atoms with Crippen molar-refractivity contribution in [2.24, 2.45) is 5.92 Å².